The van der Waals surface area contributed by atoms with E-state index in [2.05, 4.69) is 15.7 Å². The molecule has 2 aromatic heterocycles. The summed E-state index contributed by atoms with van der Waals surface area (Å²) >= 11 is 3.81. The molecule has 2 amide bonds. The fourth-order valence-corrected chi connectivity index (χ4v) is 5.96. The molecule has 0 aliphatic carbocycles. The highest BCUT2D eigenvalue weighted by molar-refractivity contribution is 8.00. The maximum atomic E-state index is 12.3. The number of thioether (sulfide) groups is 2. The SMILES string of the molecule is N=c1scc(CC(=O)Nn2cc(SCC3C(=O)N4C(C(=O)O)=CCSC34)nn2)n1O. The van der Waals surface area contributed by atoms with Crippen LogP contribution in [0.15, 0.2) is 28.4 Å². The largest absolute Gasteiger partial charge is 0.477 e. The zero-order chi connectivity index (χ0) is 21.4. The van der Waals surface area contributed by atoms with Gasteiger partial charge in [-0.2, -0.15) is 9.52 Å². The van der Waals surface area contributed by atoms with Gasteiger partial charge in [-0.1, -0.05) is 0 Å². The van der Waals surface area contributed by atoms with E-state index in [1.165, 1.54) is 46.1 Å². The number of hydrogen-bond acceptors (Lipinski definition) is 10. The third-order valence-corrected chi connectivity index (χ3v) is 7.45. The van der Waals surface area contributed by atoms with E-state index in [-0.39, 0.29) is 39.8 Å². The fraction of sp³-hybridized carbons (Fsp3) is 0.333. The summed E-state index contributed by atoms with van der Waals surface area (Å²) in [6, 6.07) is 0. The number of fused-ring (bicyclic) bond motifs is 1. The van der Waals surface area contributed by atoms with Crippen LogP contribution in [0.3, 0.4) is 0 Å². The van der Waals surface area contributed by atoms with Crippen LogP contribution < -0.4 is 10.2 Å². The van der Waals surface area contributed by atoms with E-state index >= 15 is 0 Å². The van der Waals surface area contributed by atoms with Gasteiger partial charge in [-0.05, 0) is 11.3 Å². The standard InChI is InChI=1S/C15H15N7O5S3/c16-15-22(27)7(5-30-15)3-10(23)18-20-4-11(17-19-20)29-6-8-12(24)21-9(14(25)26)1-2-28-13(8)21/h1,4-5,8,13,16,27H,2-3,6H2,(H,18,23)(H,25,26). The number of rotatable bonds is 7. The smallest absolute Gasteiger partial charge is 0.352 e. The van der Waals surface area contributed by atoms with Gasteiger partial charge in [-0.25, -0.2) is 10.2 Å². The topological polar surface area (TPSA) is 166 Å². The first-order valence-corrected chi connectivity index (χ1v) is 11.4. The molecule has 4 N–H and O–H groups in total. The summed E-state index contributed by atoms with van der Waals surface area (Å²) < 4.78 is 0.639. The molecule has 4 heterocycles. The van der Waals surface area contributed by atoms with Crippen molar-refractivity contribution in [2.24, 2.45) is 5.92 Å². The lowest BCUT2D eigenvalue weighted by atomic mass is 9.99. The number of aromatic nitrogens is 4. The van der Waals surface area contributed by atoms with Gasteiger partial charge in [-0.3, -0.25) is 19.9 Å². The number of hydrogen-bond donors (Lipinski definition) is 4. The minimum Gasteiger partial charge on any atom is -0.477 e. The Morgan fingerprint density at radius 2 is 2.23 bits per heavy atom. The lowest BCUT2D eigenvalue weighted by Gasteiger charge is -2.48. The van der Waals surface area contributed by atoms with Crippen molar-refractivity contribution in [3.05, 3.63) is 33.8 Å². The number of nitrogens with zero attached hydrogens (tertiary/aromatic N) is 5. The van der Waals surface area contributed by atoms with Gasteiger partial charge in [0.15, 0.2) is 0 Å². The molecule has 2 unspecified atom stereocenters. The summed E-state index contributed by atoms with van der Waals surface area (Å²) in [5.74, 6) is -1.14. The molecule has 2 aliphatic rings. The normalized spacial score (nSPS) is 20.3. The van der Waals surface area contributed by atoms with Crippen molar-refractivity contribution in [2.45, 2.75) is 16.8 Å². The number of carbonyl (C=O) groups is 3. The van der Waals surface area contributed by atoms with E-state index in [0.717, 1.165) is 16.1 Å². The number of carboxylic acids is 1. The molecule has 0 spiro atoms. The molecule has 0 bridgehead atoms. The Kier molecular flexibility index (Phi) is 5.57. The highest BCUT2D eigenvalue weighted by Gasteiger charge is 2.51. The third kappa shape index (κ3) is 3.82. The molecule has 2 aromatic rings. The van der Waals surface area contributed by atoms with Crippen molar-refractivity contribution in [3.8, 4) is 0 Å². The van der Waals surface area contributed by atoms with Gasteiger partial charge < -0.3 is 10.3 Å². The van der Waals surface area contributed by atoms with Crippen LogP contribution in [0.4, 0.5) is 0 Å². The minimum atomic E-state index is -1.11. The Morgan fingerprint density at radius 3 is 2.93 bits per heavy atom. The highest BCUT2D eigenvalue weighted by Crippen LogP contribution is 2.43. The number of thiazole rings is 1. The Bertz CT molecular complexity index is 1110. The lowest BCUT2D eigenvalue weighted by molar-refractivity contribution is -0.151. The number of nitrogens with one attached hydrogen (secondary N) is 2. The summed E-state index contributed by atoms with van der Waals surface area (Å²) in [7, 11) is 0. The Labute approximate surface area is 181 Å². The quantitative estimate of drug-likeness (QED) is 0.243. The molecule has 12 nitrogen and oxygen atoms in total. The van der Waals surface area contributed by atoms with Gasteiger partial charge in [-0.15, -0.1) is 40.0 Å². The molecular formula is C15H15N7O5S3. The molecule has 4 rings (SSSR count). The summed E-state index contributed by atoms with van der Waals surface area (Å²) in [4.78, 5) is 38.0. The molecule has 0 aromatic carbocycles. The highest BCUT2D eigenvalue weighted by atomic mass is 32.2. The van der Waals surface area contributed by atoms with Crippen molar-refractivity contribution in [1.82, 2.24) is 24.7 Å². The molecule has 2 atom stereocenters. The van der Waals surface area contributed by atoms with Crippen LogP contribution in [-0.4, -0.2) is 69.7 Å². The fourth-order valence-electron chi connectivity index (χ4n) is 2.99. The Balaban J connectivity index is 1.30. The number of carbonyl (C=O) groups excluding carboxylic acids is 2. The van der Waals surface area contributed by atoms with Gasteiger partial charge in [0.1, 0.15) is 10.7 Å². The molecular weight excluding hydrogens is 454 g/mol. The van der Waals surface area contributed by atoms with Crippen LogP contribution in [0.25, 0.3) is 0 Å². The van der Waals surface area contributed by atoms with E-state index in [4.69, 9.17) is 5.41 Å². The molecule has 1 fully saturated rings. The van der Waals surface area contributed by atoms with Crippen LogP contribution in [0, 0.1) is 11.3 Å². The molecule has 158 valence electrons. The average Bonchev–Trinajstić information content (AvgIpc) is 3.28. The van der Waals surface area contributed by atoms with Crippen molar-refractivity contribution in [1.29, 1.82) is 5.41 Å². The van der Waals surface area contributed by atoms with Crippen LogP contribution in [0.1, 0.15) is 5.69 Å². The Morgan fingerprint density at radius 1 is 1.43 bits per heavy atom. The van der Waals surface area contributed by atoms with Gasteiger partial charge in [0.2, 0.25) is 16.6 Å². The summed E-state index contributed by atoms with van der Waals surface area (Å²) in [5, 5.41) is 35.8. The number of amides is 2. The summed E-state index contributed by atoms with van der Waals surface area (Å²) in [6.07, 6.45) is 2.90. The second-order valence-electron chi connectivity index (χ2n) is 6.30. The van der Waals surface area contributed by atoms with Crippen molar-refractivity contribution in [3.63, 3.8) is 0 Å². The monoisotopic (exact) mass is 469 g/mol. The minimum absolute atomic E-state index is 0.0333. The molecule has 0 saturated carbocycles. The molecule has 1 saturated heterocycles. The maximum Gasteiger partial charge on any atom is 0.352 e. The van der Waals surface area contributed by atoms with Crippen molar-refractivity contribution >= 4 is 52.6 Å². The Hall–Kier alpha value is -2.78. The summed E-state index contributed by atoms with van der Waals surface area (Å²) in [6.45, 7) is 0. The lowest BCUT2D eigenvalue weighted by Crippen LogP contribution is -2.61. The number of aliphatic carboxylic acids is 1. The summed E-state index contributed by atoms with van der Waals surface area (Å²) in [5.41, 5.74) is 2.81. The van der Waals surface area contributed by atoms with E-state index < -0.39 is 11.9 Å². The molecule has 2 aliphatic heterocycles. The zero-order valence-corrected chi connectivity index (χ0v) is 17.5. The van der Waals surface area contributed by atoms with Crippen LogP contribution >= 0.6 is 34.9 Å². The van der Waals surface area contributed by atoms with Gasteiger partial charge in [0.25, 0.3) is 0 Å². The molecule has 15 heteroatoms. The first kappa shape index (κ1) is 20.5. The molecule has 30 heavy (non-hydrogen) atoms. The second-order valence-corrected chi connectivity index (χ2v) is 9.35. The van der Waals surface area contributed by atoms with E-state index in [1.807, 2.05) is 0 Å². The number of β-lactam (4-membered cyclic amide) rings is 1. The molecule has 0 radical (unpaired) electrons. The predicted octanol–water partition coefficient (Wildman–Crippen LogP) is -0.237. The van der Waals surface area contributed by atoms with Crippen LogP contribution in [-0.2, 0) is 20.8 Å². The average molecular weight is 470 g/mol. The third-order valence-electron chi connectivity index (χ3n) is 4.41. The maximum absolute atomic E-state index is 12.3. The van der Waals surface area contributed by atoms with Crippen molar-refractivity contribution in [2.75, 3.05) is 16.9 Å². The van der Waals surface area contributed by atoms with Crippen LogP contribution in [0.2, 0.25) is 0 Å². The van der Waals surface area contributed by atoms with Crippen molar-refractivity contribution < 1.29 is 24.7 Å². The van der Waals surface area contributed by atoms with Gasteiger partial charge in [0, 0.05) is 16.9 Å². The first-order valence-electron chi connectivity index (χ1n) is 8.51. The van der Waals surface area contributed by atoms with Gasteiger partial charge in [0.05, 0.1) is 29.6 Å². The zero-order valence-electron chi connectivity index (χ0n) is 15.1. The van der Waals surface area contributed by atoms with Crippen LogP contribution in [0.5, 0.6) is 0 Å². The number of carboxylic acid groups (broad SMARTS) is 1. The van der Waals surface area contributed by atoms with E-state index in [0.29, 0.717) is 21.3 Å². The van der Waals surface area contributed by atoms with E-state index in [9.17, 15) is 24.7 Å². The second kappa shape index (κ2) is 8.16. The van der Waals surface area contributed by atoms with E-state index in [1.54, 1.807) is 0 Å². The first-order chi connectivity index (χ1) is 14.3. The predicted molar refractivity (Wildman–Crippen MR) is 106 cm³/mol. The van der Waals surface area contributed by atoms with Gasteiger partial charge >= 0.3 is 5.97 Å².